The van der Waals surface area contributed by atoms with Gasteiger partial charge in [0.1, 0.15) is 0 Å². The Morgan fingerprint density at radius 3 is 2.76 bits per heavy atom. The van der Waals surface area contributed by atoms with Crippen molar-refractivity contribution in [2.45, 2.75) is 20.4 Å². The van der Waals surface area contributed by atoms with Crippen molar-refractivity contribution in [3.05, 3.63) is 45.2 Å². The minimum Gasteiger partial charge on any atom is -0.313 e. The standard InChI is InChI=1S/C14H16BrNS/c1-3-16-9-11-5-4-10(2)8-12(11)14-13(15)6-7-17-14/h4-8,16H,3,9H2,1-2H3. The molecule has 0 saturated heterocycles. The fraction of sp³-hybridized carbons (Fsp3) is 0.286. The second kappa shape index (κ2) is 5.80. The molecule has 0 amide bonds. The average molecular weight is 310 g/mol. The van der Waals surface area contributed by atoms with Gasteiger partial charge in [-0.15, -0.1) is 11.3 Å². The zero-order chi connectivity index (χ0) is 12.3. The summed E-state index contributed by atoms with van der Waals surface area (Å²) >= 11 is 5.40. The first-order valence-corrected chi connectivity index (χ1v) is 7.43. The van der Waals surface area contributed by atoms with Crippen molar-refractivity contribution >= 4 is 27.3 Å². The van der Waals surface area contributed by atoms with Crippen LogP contribution in [-0.4, -0.2) is 6.54 Å². The van der Waals surface area contributed by atoms with Gasteiger partial charge in [-0.05, 0) is 52.0 Å². The van der Waals surface area contributed by atoms with Gasteiger partial charge in [-0.25, -0.2) is 0 Å². The van der Waals surface area contributed by atoms with E-state index in [4.69, 9.17) is 0 Å². The van der Waals surface area contributed by atoms with Crippen LogP contribution in [0.15, 0.2) is 34.1 Å². The summed E-state index contributed by atoms with van der Waals surface area (Å²) in [5.41, 5.74) is 4.01. The van der Waals surface area contributed by atoms with E-state index in [2.05, 4.69) is 64.7 Å². The molecule has 2 rings (SSSR count). The lowest BCUT2D eigenvalue weighted by atomic mass is 10.0. The third kappa shape index (κ3) is 2.97. The van der Waals surface area contributed by atoms with Crippen LogP contribution < -0.4 is 5.32 Å². The van der Waals surface area contributed by atoms with Crippen molar-refractivity contribution in [3.8, 4) is 10.4 Å². The first kappa shape index (κ1) is 12.8. The van der Waals surface area contributed by atoms with E-state index in [0.717, 1.165) is 13.1 Å². The maximum atomic E-state index is 3.62. The Bertz CT molecular complexity index is 505. The molecule has 3 heteroatoms. The van der Waals surface area contributed by atoms with Gasteiger partial charge in [0.05, 0.1) is 0 Å². The summed E-state index contributed by atoms with van der Waals surface area (Å²) in [5.74, 6) is 0. The van der Waals surface area contributed by atoms with E-state index in [0.29, 0.717) is 0 Å². The van der Waals surface area contributed by atoms with Gasteiger partial charge in [-0.1, -0.05) is 30.7 Å². The second-order valence-electron chi connectivity index (χ2n) is 4.04. The van der Waals surface area contributed by atoms with Gasteiger partial charge < -0.3 is 5.32 Å². The molecule has 1 aromatic heterocycles. The molecule has 0 radical (unpaired) electrons. The summed E-state index contributed by atoms with van der Waals surface area (Å²) < 4.78 is 1.19. The van der Waals surface area contributed by atoms with Gasteiger partial charge in [0, 0.05) is 15.9 Å². The lowest BCUT2D eigenvalue weighted by Gasteiger charge is -2.10. The fourth-order valence-electron chi connectivity index (χ4n) is 1.80. The van der Waals surface area contributed by atoms with Gasteiger partial charge >= 0.3 is 0 Å². The molecule has 0 fully saturated rings. The van der Waals surface area contributed by atoms with Crippen molar-refractivity contribution in [1.29, 1.82) is 0 Å². The van der Waals surface area contributed by atoms with E-state index in [-0.39, 0.29) is 0 Å². The predicted molar refractivity (Wildman–Crippen MR) is 79.6 cm³/mol. The second-order valence-corrected chi connectivity index (χ2v) is 5.81. The SMILES string of the molecule is CCNCc1ccc(C)cc1-c1sccc1Br. The molecule has 90 valence electrons. The normalized spacial score (nSPS) is 10.8. The number of halogens is 1. The fourth-order valence-corrected chi connectivity index (χ4v) is 3.44. The molecule has 1 aromatic carbocycles. The van der Waals surface area contributed by atoms with Gasteiger partial charge in [0.25, 0.3) is 0 Å². The first-order chi connectivity index (χ1) is 8.22. The highest BCUT2D eigenvalue weighted by Gasteiger charge is 2.09. The molecule has 0 bridgehead atoms. The molecule has 1 N–H and O–H groups in total. The van der Waals surface area contributed by atoms with Gasteiger partial charge in [0.2, 0.25) is 0 Å². The number of benzene rings is 1. The van der Waals surface area contributed by atoms with Crippen LogP contribution in [0.3, 0.4) is 0 Å². The summed E-state index contributed by atoms with van der Waals surface area (Å²) in [6.07, 6.45) is 0. The van der Waals surface area contributed by atoms with Gasteiger partial charge in [-0.2, -0.15) is 0 Å². The van der Waals surface area contributed by atoms with Gasteiger partial charge in [0.15, 0.2) is 0 Å². The van der Waals surface area contributed by atoms with Crippen LogP contribution >= 0.6 is 27.3 Å². The zero-order valence-corrected chi connectivity index (χ0v) is 12.5. The smallest absolute Gasteiger partial charge is 0.0488 e. The molecule has 0 aliphatic carbocycles. The Morgan fingerprint density at radius 2 is 2.12 bits per heavy atom. The van der Waals surface area contributed by atoms with E-state index >= 15 is 0 Å². The Labute approximate surface area is 115 Å². The number of aryl methyl sites for hydroxylation is 1. The minimum absolute atomic E-state index is 0.927. The maximum Gasteiger partial charge on any atom is 0.0488 e. The molecule has 0 aliphatic rings. The summed E-state index contributed by atoms with van der Waals surface area (Å²) in [6.45, 7) is 6.20. The average Bonchev–Trinajstić information content (AvgIpc) is 2.74. The van der Waals surface area contributed by atoms with E-state index in [1.54, 1.807) is 11.3 Å². The molecule has 0 atom stereocenters. The van der Waals surface area contributed by atoms with Crippen molar-refractivity contribution in [3.63, 3.8) is 0 Å². The van der Waals surface area contributed by atoms with E-state index in [1.165, 1.54) is 26.0 Å². The lowest BCUT2D eigenvalue weighted by Crippen LogP contribution is -2.12. The Balaban J connectivity index is 2.43. The van der Waals surface area contributed by atoms with Crippen molar-refractivity contribution in [2.75, 3.05) is 6.54 Å². The minimum atomic E-state index is 0.927. The number of nitrogens with one attached hydrogen (secondary N) is 1. The molecular weight excluding hydrogens is 294 g/mol. The number of thiophene rings is 1. The molecule has 0 aliphatic heterocycles. The van der Waals surface area contributed by atoms with Crippen molar-refractivity contribution in [2.24, 2.45) is 0 Å². The topological polar surface area (TPSA) is 12.0 Å². The summed E-state index contributed by atoms with van der Waals surface area (Å²) in [7, 11) is 0. The van der Waals surface area contributed by atoms with E-state index < -0.39 is 0 Å². The third-order valence-corrected chi connectivity index (χ3v) is 4.56. The lowest BCUT2D eigenvalue weighted by molar-refractivity contribution is 0.728. The van der Waals surface area contributed by atoms with E-state index in [1.807, 2.05) is 0 Å². The molecule has 0 saturated carbocycles. The third-order valence-electron chi connectivity index (χ3n) is 2.69. The number of hydrogen-bond acceptors (Lipinski definition) is 2. The Kier molecular flexibility index (Phi) is 4.37. The molecule has 2 aromatic rings. The summed E-state index contributed by atoms with van der Waals surface area (Å²) in [6, 6.07) is 8.78. The number of rotatable bonds is 4. The van der Waals surface area contributed by atoms with Crippen LogP contribution in [0.4, 0.5) is 0 Å². The molecule has 1 nitrogen and oxygen atoms in total. The van der Waals surface area contributed by atoms with Crippen LogP contribution in [0.5, 0.6) is 0 Å². The monoisotopic (exact) mass is 309 g/mol. The van der Waals surface area contributed by atoms with E-state index in [9.17, 15) is 0 Å². The number of hydrogen-bond donors (Lipinski definition) is 1. The largest absolute Gasteiger partial charge is 0.313 e. The predicted octanol–water partition coefficient (Wildman–Crippen LogP) is 4.60. The van der Waals surface area contributed by atoms with Crippen LogP contribution in [-0.2, 0) is 6.54 Å². The van der Waals surface area contributed by atoms with Crippen molar-refractivity contribution in [1.82, 2.24) is 5.32 Å². The highest BCUT2D eigenvalue weighted by Crippen LogP contribution is 2.36. The highest BCUT2D eigenvalue weighted by atomic mass is 79.9. The Hall–Kier alpha value is -0.640. The van der Waals surface area contributed by atoms with Crippen LogP contribution in [0, 0.1) is 6.92 Å². The first-order valence-electron chi connectivity index (χ1n) is 5.76. The molecule has 0 spiro atoms. The Morgan fingerprint density at radius 1 is 1.29 bits per heavy atom. The highest BCUT2D eigenvalue weighted by molar-refractivity contribution is 9.10. The molecule has 17 heavy (non-hydrogen) atoms. The van der Waals surface area contributed by atoms with Crippen LogP contribution in [0.25, 0.3) is 10.4 Å². The summed E-state index contributed by atoms with van der Waals surface area (Å²) in [4.78, 5) is 1.32. The maximum absolute atomic E-state index is 3.62. The molecule has 0 unspecified atom stereocenters. The molecular formula is C14H16BrNS. The molecule has 1 heterocycles. The van der Waals surface area contributed by atoms with Crippen LogP contribution in [0.2, 0.25) is 0 Å². The summed E-state index contributed by atoms with van der Waals surface area (Å²) in [5, 5.41) is 5.52. The van der Waals surface area contributed by atoms with Gasteiger partial charge in [-0.3, -0.25) is 0 Å². The quantitative estimate of drug-likeness (QED) is 0.870. The zero-order valence-electron chi connectivity index (χ0n) is 10.1. The van der Waals surface area contributed by atoms with Crippen LogP contribution in [0.1, 0.15) is 18.1 Å². The van der Waals surface area contributed by atoms with Crippen molar-refractivity contribution < 1.29 is 0 Å².